The molecule has 0 spiro atoms. The van der Waals surface area contributed by atoms with Crippen molar-refractivity contribution in [3.05, 3.63) is 65.0 Å². The SMILES string of the molecule is Cc1ccc(C(C)C)c(OCC(=O)NC[C@H](c2ccc(F)cc2)N2CCOCC2)c1. The van der Waals surface area contributed by atoms with E-state index < -0.39 is 0 Å². The molecule has 1 aliphatic heterocycles. The zero-order valence-corrected chi connectivity index (χ0v) is 18.0. The molecule has 0 radical (unpaired) electrons. The van der Waals surface area contributed by atoms with Crippen molar-refractivity contribution >= 4 is 5.91 Å². The Morgan fingerprint density at radius 1 is 1.17 bits per heavy atom. The van der Waals surface area contributed by atoms with E-state index in [0.29, 0.717) is 25.7 Å². The lowest BCUT2D eigenvalue weighted by Gasteiger charge is -2.35. The molecule has 0 saturated carbocycles. The van der Waals surface area contributed by atoms with Crippen molar-refractivity contribution in [2.45, 2.75) is 32.7 Å². The fourth-order valence-electron chi connectivity index (χ4n) is 3.68. The molecule has 3 rings (SSSR count). The van der Waals surface area contributed by atoms with Crippen molar-refractivity contribution in [3.8, 4) is 5.75 Å². The van der Waals surface area contributed by atoms with E-state index in [1.807, 2.05) is 13.0 Å². The maximum atomic E-state index is 13.4. The van der Waals surface area contributed by atoms with Crippen molar-refractivity contribution in [1.82, 2.24) is 10.2 Å². The summed E-state index contributed by atoms with van der Waals surface area (Å²) in [6.45, 7) is 9.46. The summed E-state index contributed by atoms with van der Waals surface area (Å²) < 4.78 is 24.7. The van der Waals surface area contributed by atoms with Crippen LogP contribution in [0.1, 0.15) is 42.5 Å². The molecule has 1 heterocycles. The maximum Gasteiger partial charge on any atom is 0.258 e. The molecule has 6 heteroatoms. The minimum absolute atomic E-state index is 0.0383. The molecular weight excluding hydrogens is 383 g/mol. The normalized spacial score (nSPS) is 15.8. The summed E-state index contributed by atoms with van der Waals surface area (Å²) >= 11 is 0. The average Bonchev–Trinajstić information content (AvgIpc) is 2.74. The van der Waals surface area contributed by atoms with E-state index in [2.05, 4.69) is 36.2 Å². The van der Waals surface area contributed by atoms with E-state index in [0.717, 1.165) is 35.5 Å². The lowest BCUT2D eigenvalue weighted by molar-refractivity contribution is -0.123. The number of carbonyl (C=O) groups is 1. The van der Waals surface area contributed by atoms with E-state index in [-0.39, 0.29) is 24.4 Å². The molecule has 5 nitrogen and oxygen atoms in total. The van der Waals surface area contributed by atoms with Crippen LogP contribution in [0.2, 0.25) is 0 Å². The summed E-state index contributed by atoms with van der Waals surface area (Å²) in [7, 11) is 0. The molecule has 1 saturated heterocycles. The molecule has 1 amide bonds. The van der Waals surface area contributed by atoms with Crippen LogP contribution in [0.25, 0.3) is 0 Å². The molecule has 0 unspecified atom stereocenters. The van der Waals surface area contributed by atoms with Crippen LogP contribution in [0.3, 0.4) is 0 Å². The highest BCUT2D eigenvalue weighted by atomic mass is 19.1. The van der Waals surface area contributed by atoms with Crippen LogP contribution in [-0.2, 0) is 9.53 Å². The van der Waals surface area contributed by atoms with Crippen molar-refractivity contribution < 1.29 is 18.7 Å². The maximum absolute atomic E-state index is 13.4. The lowest BCUT2D eigenvalue weighted by atomic mass is 10.0. The molecule has 1 atom stereocenters. The van der Waals surface area contributed by atoms with Crippen LogP contribution in [0.5, 0.6) is 5.75 Å². The number of benzene rings is 2. The lowest BCUT2D eigenvalue weighted by Crippen LogP contribution is -2.44. The van der Waals surface area contributed by atoms with Gasteiger partial charge in [0.25, 0.3) is 5.91 Å². The Bertz CT molecular complexity index is 833. The number of nitrogens with one attached hydrogen (secondary N) is 1. The van der Waals surface area contributed by atoms with E-state index >= 15 is 0 Å². The summed E-state index contributed by atoms with van der Waals surface area (Å²) in [5.41, 5.74) is 3.16. The van der Waals surface area contributed by atoms with Crippen molar-refractivity contribution in [3.63, 3.8) is 0 Å². The number of carbonyl (C=O) groups excluding carboxylic acids is 1. The van der Waals surface area contributed by atoms with E-state index in [4.69, 9.17) is 9.47 Å². The number of rotatable bonds is 8. The number of halogens is 1. The van der Waals surface area contributed by atoms with Crippen LogP contribution >= 0.6 is 0 Å². The third kappa shape index (κ3) is 6.03. The van der Waals surface area contributed by atoms with E-state index in [1.54, 1.807) is 12.1 Å². The summed E-state index contributed by atoms with van der Waals surface area (Å²) in [4.78, 5) is 14.8. The molecule has 1 fully saturated rings. The topological polar surface area (TPSA) is 50.8 Å². The first kappa shape index (κ1) is 22.2. The zero-order chi connectivity index (χ0) is 21.5. The Kier molecular flexibility index (Phi) is 7.82. The number of hydrogen-bond acceptors (Lipinski definition) is 4. The fourth-order valence-corrected chi connectivity index (χ4v) is 3.68. The Balaban J connectivity index is 1.62. The van der Waals surface area contributed by atoms with Crippen LogP contribution in [0, 0.1) is 12.7 Å². The molecule has 0 bridgehead atoms. The van der Waals surface area contributed by atoms with E-state index in [1.165, 1.54) is 12.1 Å². The van der Waals surface area contributed by atoms with Crippen LogP contribution < -0.4 is 10.1 Å². The first-order chi connectivity index (χ1) is 14.4. The zero-order valence-electron chi connectivity index (χ0n) is 18.0. The monoisotopic (exact) mass is 414 g/mol. The van der Waals surface area contributed by atoms with Gasteiger partial charge in [-0.05, 0) is 47.7 Å². The van der Waals surface area contributed by atoms with Crippen LogP contribution in [0.15, 0.2) is 42.5 Å². The Morgan fingerprint density at radius 2 is 1.87 bits per heavy atom. The minimum Gasteiger partial charge on any atom is -0.483 e. The average molecular weight is 415 g/mol. The van der Waals surface area contributed by atoms with Gasteiger partial charge in [-0.15, -0.1) is 0 Å². The van der Waals surface area contributed by atoms with Gasteiger partial charge in [0.1, 0.15) is 11.6 Å². The van der Waals surface area contributed by atoms with Crippen LogP contribution in [0.4, 0.5) is 4.39 Å². The number of morpholine rings is 1. The summed E-state index contributed by atoms with van der Waals surface area (Å²) in [6, 6.07) is 12.5. The first-order valence-corrected chi connectivity index (χ1v) is 10.5. The number of amides is 1. The Labute approximate surface area is 178 Å². The molecule has 2 aromatic rings. The van der Waals surface area contributed by atoms with Gasteiger partial charge in [-0.3, -0.25) is 9.69 Å². The first-order valence-electron chi connectivity index (χ1n) is 10.5. The van der Waals surface area contributed by atoms with Crippen molar-refractivity contribution in [2.75, 3.05) is 39.5 Å². The largest absolute Gasteiger partial charge is 0.483 e. The van der Waals surface area contributed by atoms with Gasteiger partial charge in [0.15, 0.2) is 6.61 Å². The predicted molar refractivity (Wildman–Crippen MR) is 115 cm³/mol. The van der Waals surface area contributed by atoms with Gasteiger partial charge in [0, 0.05) is 19.6 Å². The standard InChI is InChI=1S/C24H31FN2O3/c1-17(2)21-9-4-18(3)14-23(21)30-16-24(28)26-15-22(27-10-12-29-13-11-27)19-5-7-20(25)8-6-19/h4-9,14,17,22H,10-13,15-16H2,1-3H3,(H,26,28)/t22-/m1/s1. The Hall–Kier alpha value is -2.44. The molecule has 0 aliphatic carbocycles. The van der Waals surface area contributed by atoms with Gasteiger partial charge in [0.2, 0.25) is 0 Å². The van der Waals surface area contributed by atoms with Crippen molar-refractivity contribution in [2.24, 2.45) is 0 Å². The predicted octanol–water partition coefficient (Wildman–Crippen LogP) is 3.83. The van der Waals surface area contributed by atoms with E-state index in [9.17, 15) is 9.18 Å². The summed E-state index contributed by atoms with van der Waals surface area (Å²) in [6.07, 6.45) is 0. The summed E-state index contributed by atoms with van der Waals surface area (Å²) in [5.74, 6) is 0.624. The van der Waals surface area contributed by atoms with Gasteiger partial charge in [-0.1, -0.05) is 38.1 Å². The van der Waals surface area contributed by atoms with Gasteiger partial charge in [0.05, 0.1) is 19.3 Å². The smallest absolute Gasteiger partial charge is 0.258 e. The third-order valence-electron chi connectivity index (χ3n) is 5.38. The molecule has 1 N–H and O–H groups in total. The molecule has 1 aliphatic rings. The highest BCUT2D eigenvalue weighted by Gasteiger charge is 2.23. The highest BCUT2D eigenvalue weighted by molar-refractivity contribution is 5.77. The number of hydrogen-bond donors (Lipinski definition) is 1. The van der Waals surface area contributed by atoms with Crippen LogP contribution in [-0.4, -0.2) is 50.3 Å². The van der Waals surface area contributed by atoms with Gasteiger partial charge in [-0.2, -0.15) is 0 Å². The quantitative estimate of drug-likeness (QED) is 0.713. The second-order valence-corrected chi connectivity index (χ2v) is 8.00. The van der Waals surface area contributed by atoms with Crippen molar-refractivity contribution in [1.29, 1.82) is 0 Å². The highest BCUT2D eigenvalue weighted by Crippen LogP contribution is 2.27. The third-order valence-corrected chi connectivity index (χ3v) is 5.38. The van der Waals surface area contributed by atoms with Gasteiger partial charge < -0.3 is 14.8 Å². The molecule has 0 aromatic heterocycles. The number of nitrogens with zero attached hydrogens (tertiary/aromatic N) is 1. The second kappa shape index (κ2) is 10.5. The second-order valence-electron chi connectivity index (χ2n) is 8.00. The number of ether oxygens (including phenoxy) is 2. The molecular formula is C24H31FN2O3. The van der Waals surface area contributed by atoms with Gasteiger partial charge >= 0.3 is 0 Å². The minimum atomic E-state index is -0.268. The fraction of sp³-hybridized carbons (Fsp3) is 0.458. The summed E-state index contributed by atoms with van der Waals surface area (Å²) in [5, 5.41) is 2.99. The molecule has 30 heavy (non-hydrogen) atoms. The molecule has 2 aromatic carbocycles. The molecule has 162 valence electrons. The number of aryl methyl sites for hydroxylation is 1. The van der Waals surface area contributed by atoms with Gasteiger partial charge in [-0.25, -0.2) is 4.39 Å². The Morgan fingerprint density at radius 3 is 2.53 bits per heavy atom.